The molecular weight excluding hydrogens is 356 g/mol. The summed E-state index contributed by atoms with van der Waals surface area (Å²) in [5, 5.41) is 8.98. The first-order chi connectivity index (χ1) is 13.2. The molecule has 1 fully saturated rings. The molecule has 2 rings (SSSR count). The minimum absolute atomic E-state index is 0.0344. The van der Waals surface area contributed by atoms with Gasteiger partial charge in [-0.3, -0.25) is 14.4 Å². The van der Waals surface area contributed by atoms with Crippen LogP contribution in [-0.2, 0) is 9.59 Å². The molecule has 1 aromatic rings. The van der Waals surface area contributed by atoms with E-state index in [9.17, 15) is 14.4 Å². The highest BCUT2D eigenvalue weighted by atomic mass is 16.4. The van der Waals surface area contributed by atoms with Crippen molar-refractivity contribution in [2.24, 2.45) is 11.8 Å². The lowest BCUT2D eigenvalue weighted by Crippen LogP contribution is -2.48. The van der Waals surface area contributed by atoms with Crippen LogP contribution in [0.15, 0.2) is 18.2 Å². The molecule has 1 aliphatic heterocycles. The molecule has 0 aliphatic carbocycles. The molecule has 0 bridgehead atoms. The van der Waals surface area contributed by atoms with Crippen molar-refractivity contribution < 1.29 is 19.5 Å². The topological polar surface area (TPSA) is 77.9 Å². The largest absolute Gasteiger partial charge is 0.481 e. The molecule has 0 radical (unpaired) electrons. The molecule has 1 atom stereocenters. The van der Waals surface area contributed by atoms with Gasteiger partial charge in [0.2, 0.25) is 5.91 Å². The third-order valence-corrected chi connectivity index (χ3v) is 5.02. The van der Waals surface area contributed by atoms with Crippen LogP contribution in [0.5, 0.6) is 0 Å². The Bertz CT molecular complexity index is 709. The fourth-order valence-electron chi connectivity index (χ4n) is 3.86. The first kappa shape index (κ1) is 21.9. The number of piperidine rings is 1. The number of aliphatic carboxylic acids is 1. The average Bonchev–Trinajstić information content (AvgIpc) is 2.62. The standard InChI is InChI=1S/C22H32N2O4/c1-15(2)13-24(9-7-20(25)26)21(27)18-6-5-8-23(14-18)22(28)19-11-16(3)10-17(4)12-19/h10-12,15,18H,5-9,13-14H2,1-4H3,(H,25,26). The Hall–Kier alpha value is -2.37. The number of likely N-dealkylation sites (tertiary alicyclic amines) is 1. The summed E-state index contributed by atoms with van der Waals surface area (Å²) < 4.78 is 0. The highest BCUT2D eigenvalue weighted by molar-refractivity contribution is 5.95. The maximum Gasteiger partial charge on any atom is 0.305 e. The van der Waals surface area contributed by atoms with E-state index >= 15 is 0 Å². The van der Waals surface area contributed by atoms with Crippen molar-refractivity contribution in [2.45, 2.75) is 47.0 Å². The van der Waals surface area contributed by atoms with E-state index in [1.165, 1.54) is 0 Å². The molecule has 28 heavy (non-hydrogen) atoms. The fourth-order valence-corrected chi connectivity index (χ4v) is 3.86. The number of hydrogen-bond acceptors (Lipinski definition) is 3. The van der Waals surface area contributed by atoms with Crippen LogP contribution in [0, 0.1) is 25.7 Å². The van der Waals surface area contributed by atoms with Gasteiger partial charge in [-0.05, 0) is 44.7 Å². The van der Waals surface area contributed by atoms with Crippen molar-refractivity contribution in [3.63, 3.8) is 0 Å². The van der Waals surface area contributed by atoms with Crippen LogP contribution in [0.3, 0.4) is 0 Å². The molecule has 1 aromatic carbocycles. The lowest BCUT2D eigenvalue weighted by atomic mass is 9.95. The number of amides is 2. The van der Waals surface area contributed by atoms with E-state index in [0.29, 0.717) is 25.2 Å². The van der Waals surface area contributed by atoms with Crippen LogP contribution in [0.2, 0.25) is 0 Å². The highest BCUT2D eigenvalue weighted by Crippen LogP contribution is 2.22. The molecule has 154 valence electrons. The lowest BCUT2D eigenvalue weighted by Gasteiger charge is -2.35. The zero-order chi connectivity index (χ0) is 20.8. The molecule has 1 heterocycles. The maximum atomic E-state index is 13.1. The normalized spacial score (nSPS) is 16.9. The first-order valence-corrected chi connectivity index (χ1v) is 10.1. The van der Waals surface area contributed by atoms with Crippen molar-refractivity contribution in [1.82, 2.24) is 9.80 Å². The Labute approximate surface area is 167 Å². The summed E-state index contributed by atoms with van der Waals surface area (Å²) in [6.07, 6.45) is 1.45. The number of benzene rings is 1. The van der Waals surface area contributed by atoms with Gasteiger partial charge in [0.25, 0.3) is 5.91 Å². The molecule has 1 saturated heterocycles. The fraction of sp³-hybridized carbons (Fsp3) is 0.591. The second-order valence-electron chi connectivity index (χ2n) is 8.29. The summed E-state index contributed by atoms with van der Waals surface area (Å²) in [5.41, 5.74) is 2.75. The van der Waals surface area contributed by atoms with Crippen LogP contribution >= 0.6 is 0 Å². The third-order valence-electron chi connectivity index (χ3n) is 5.02. The summed E-state index contributed by atoms with van der Waals surface area (Å²) >= 11 is 0. The van der Waals surface area contributed by atoms with Crippen molar-refractivity contribution in [3.8, 4) is 0 Å². The minimum Gasteiger partial charge on any atom is -0.481 e. The molecule has 6 nitrogen and oxygen atoms in total. The molecule has 0 aromatic heterocycles. The zero-order valence-corrected chi connectivity index (χ0v) is 17.4. The molecule has 1 N–H and O–H groups in total. The van der Waals surface area contributed by atoms with E-state index in [2.05, 4.69) is 0 Å². The number of carboxylic acid groups (broad SMARTS) is 1. The smallest absolute Gasteiger partial charge is 0.305 e. The van der Waals surface area contributed by atoms with Crippen LogP contribution < -0.4 is 0 Å². The average molecular weight is 389 g/mol. The van der Waals surface area contributed by atoms with Crippen LogP contribution in [0.25, 0.3) is 0 Å². The van der Waals surface area contributed by atoms with Crippen molar-refractivity contribution >= 4 is 17.8 Å². The van der Waals surface area contributed by atoms with E-state index in [4.69, 9.17) is 5.11 Å². The second kappa shape index (κ2) is 9.71. The van der Waals surface area contributed by atoms with Gasteiger partial charge in [0.05, 0.1) is 12.3 Å². The van der Waals surface area contributed by atoms with Gasteiger partial charge in [0.1, 0.15) is 0 Å². The SMILES string of the molecule is Cc1cc(C)cc(C(=O)N2CCCC(C(=O)N(CCC(=O)O)CC(C)C)C2)c1. The van der Waals surface area contributed by atoms with Gasteiger partial charge >= 0.3 is 5.97 Å². The number of nitrogens with zero attached hydrogens (tertiary/aromatic N) is 2. The predicted octanol–water partition coefficient (Wildman–Crippen LogP) is 3.11. The van der Waals surface area contributed by atoms with Gasteiger partial charge in [0, 0.05) is 31.7 Å². The molecule has 2 amide bonds. The van der Waals surface area contributed by atoms with E-state index in [1.807, 2.05) is 45.9 Å². The number of carbonyl (C=O) groups excluding carboxylic acids is 2. The summed E-state index contributed by atoms with van der Waals surface area (Å²) in [6.45, 7) is 9.76. The lowest BCUT2D eigenvalue weighted by molar-refractivity contribution is -0.140. The van der Waals surface area contributed by atoms with Crippen LogP contribution in [-0.4, -0.2) is 58.9 Å². The van der Waals surface area contributed by atoms with E-state index in [1.54, 1.807) is 9.80 Å². The van der Waals surface area contributed by atoms with E-state index in [0.717, 1.165) is 24.0 Å². The van der Waals surface area contributed by atoms with Crippen LogP contribution in [0.4, 0.5) is 0 Å². The minimum atomic E-state index is -0.906. The molecule has 1 unspecified atom stereocenters. The number of aryl methyl sites for hydroxylation is 2. The highest BCUT2D eigenvalue weighted by Gasteiger charge is 2.32. The second-order valence-corrected chi connectivity index (χ2v) is 8.29. The number of carbonyl (C=O) groups is 3. The van der Waals surface area contributed by atoms with Crippen molar-refractivity contribution in [2.75, 3.05) is 26.2 Å². The molecule has 1 aliphatic rings. The van der Waals surface area contributed by atoms with Crippen LogP contribution in [0.1, 0.15) is 54.6 Å². The van der Waals surface area contributed by atoms with Crippen molar-refractivity contribution in [1.29, 1.82) is 0 Å². The van der Waals surface area contributed by atoms with Gasteiger partial charge in [-0.1, -0.05) is 31.0 Å². The van der Waals surface area contributed by atoms with Gasteiger partial charge in [-0.15, -0.1) is 0 Å². The van der Waals surface area contributed by atoms with E-state index < -0.39 is 5.97 Å². The Balaban J connectivity index is 2.10. The van der Waals surface area contributed by atoms with Gasteiger partial charge in [0.15, 0.2) is 0 Å². The molecule has 0 spiro atoms. The van der Waals surface area contributed by atoms with E-state index in [-0.39, 0.29) is 36.6 Å². The third kappa shape index (κ3) is 6.08. The summed E-state index contributed by atoms with van der Waals surface area (Å²) in [6, 6.07) is 5.81. The quantitative estimate of drug-likeness (QED) is 0.778. The number of rotatable bonds is 7. The monoisotopic (exact) mass is 388 g/mol. The summed E-state index contributed by atoms with van der Waals surface area (Å²) in [7, 11) is 0. The molecule has 6 heteroatoms. The van der Waals surface area contributed by atoms with Gasteiger partial charge in [-0.2, -0.15) is 0 Å². The Kier molecular flexibility index (Phi) is 7.61. The van der Waals surface area contributed by atoms with Gasteiger partial charge < -0.3 is 14.9 Å². The van der Waals surface area contributed by atoms with Gasteiger partial charge in [-0.25, -0.2) is 0 Å². The summed E-state index contributed by atoms with van der Waals surface area (Å²) in [5.74, 6) is -0.986. The predicted molar refractivity (Wildman–Crippen MR) is 108 cm³/mol. The molecule has 0 saturated carbocycles. The summed E-state index contributed by atoms with van der Waals surface area (Å²) in [4.78, 5) is 40.4. The maximum absolute atomic E-state index is 13.1. The Morgan fingerprint density at radius 3 is 2.39 bits per heavy atom. The number of carboxylic acids is 1. The molecular formula is C22H32N2O4. The zero-order valence-electron chi connectivity index (χ0n) is 17.4. The van der Waals surface area contributed by atoms with Crippen molar-refractivity contribution in [3.05, 3.63) is 34.9 Å². The number of hydrogen-bond donors (Lipinski definition) is 1. The Morgan fingerprint density at radius 2 is 1.82 bits per heavy atom. The first-order valence-electron chi connectivity index (χ1n) is 10.1. The Morgan fingerprint density at radius 1 is 1.18 bits per heavy atom.